The van der Waals surface area contributed by atoms with Gasteiger partial charge in [-0.15, -0.1) is 0 Å². The number of benzene rings is 1. The molecule has 3 rings (SSSR count). The molecule has 0 radical (unpaired) electrons. The summed E-state index contributed by atoms with van der Waals surface area (Å²) < 4.78 is 2.42. The normalized spacial score (nSPS) is 11.1. The van der Waals surface area contributed by atoms with E-state index in [4.69, 9.17) is 5.73 Å². The number of rotatable bonds is 3. The van der Waals surface area contributed by atoms with Crippen LogP contribution in [0.15, 0.2) is 51.2 Å². The van der Waals surface area contributed by atoms with Crippen molar-refractivity contribution in [3.05, 3.63) is 63.1 Å². The number of nitrogens with one attached hydrogen (secondary N) is 1. The van der Waals surface area contributed by atoms with E-state index in [1.165, 1.54) is 17.0 Å². The van der Waals surface area contributed by atoms with E-state index in [2.05, 4.69) is 15.1 Å². The lowest BCUT2D eigenvalue weighted by Crippen LogP contribution is -2.37. The van der Waals surface area contributed by atoms with E-state index in [-0.39, 0.29) is 17.2 Å². The molecule has 0 saturated heterocycles. The van der Waals surface area contributed by atoms with Gasteiger partial charge in [-0.25, -0.2) is 24.6 Å². The molecule has 2 aliphatic rings. The number of hydrogen-bond acceptors (Lipinski definition) is 6. The average molecular weight is 339 g/mol. The quantitative estimate of drug-likeness (QED) is 0.486. The number of carbonyl (C=O) groups is 1. The summed E-state index contributed by atoms with van der Waals surface area (Å²) in [5, 5.41) is 3.60. The Bertz CT molecular complexity index is 1050. The number of nitrogens with two attached hydrogens (primary N) is 1. The number of urea groups is 1. The van der Waals surface area contributed by atoms with Gasteiger partial charge in [0.15, 0.2) is 11.5 Å². The van der Waals surface area contributed by atoms with Crippen LogP contribution in [0.5, 0.6) is 0 Å². The molecule has 0 saturated carbocycles. The first-order valence-corrected chi connectivity index (χ1v) is 7.12. The Morgan fingerprint density at radius 1 is 1.24 bits per heavy atom. The van der Waals surface area contributed by atoms with Crippen LogP contribution < -0.4 is 22.4 Å². The van der Waals surface area contributed by atoms with Crippen molar-refractivity contribution >= 4 is 12.2 Å². The van der Waals surface area contributed by atoms with Crippen LogP contribution in [0, 0.1) is 0 Å². The molecule has 25 heavy (non-hydrogen) atoms. The molecule has 0 atom stereocenters. The minimum absolute atomic E-state index is 0.00558. The summed E-state index contributed by atoms with van der Waals surface area (Å²) in [4.78, 5) is 43.7. The number of amides is 2. The number of para-hydroxylation sites is 1. The van der Waals surface area contributed by atoms with Gasteiger partial charge in [-0.1, -0.05) is 18.2 Å². The predicted molar refractivity (Wildman–Crippen MR) is 89.8 cm³/mol. The Balaban J connectivity index is 2.21. The molecule has 0 bridgehead atoms. The SMILES string of the molecule is Cn1cc(/C=N/NC(N)=O)nc2c(=O)n(-c3ccccc3)c(=O)nc1-2. The molecule has 1 aromatic carbocycles. The van der Waals surface area contributed by atoms with E-state index in [9.17, 15) is 14.4 Å². The van der Waals surface area contributed by atoms with Gasteiger partial charge in [-0.2, -0.15) is 10.1 Å². The minimum Gasteiger partial charge on any atom is -0.350 e. The number of hydrazone groups is 1. The largest absolute Gasteiger partial charge is 0.357 e. The molecule has 10 heteroatoms. The molecule has 0 aromatic heterocycles. The van der Waals surface area contributed by atoms with Gasteiger partial charge < -0.3 is 10.3 Å². The van der Waals surface area contributed by atoms with Crippen LogP contribution in [-0.4, -0.2) is 31.3 Å². The maximum absolute atomic E-state index is 12.7. The first-order valence-electron chi connectivity index (χ1n) is 7.12. The average Bonchev–Trinajstić information content (AvgIpc) is 2.57. The van der Waals surface area contributed by atoms with E-state index in [1.54, 1.807) is 37.4 Å². The van der Waals surface area contributed by atoms with Crippen molar-refractivity contribution in [3.63, 3.8) is 0 Å². The first-order chi connectivity index (χ1) is 12.0. The third-order valence-corrected chi connectivity index (χ3v) is 3.30. The summed E-state index contributed by atoms with van der Waals surface area (Å²) >= 11 is 0. The van der Waals surface area contributed by atoms with Crippen LogP contribution in [0.4, 0.5) is 4.79 Å². The standard InChI is InChI=1S/C15H13N7O3/c1-21-8-9(7-17-20-14(16)24)18-11-12(21)19-15(25)22(13(11)23)10-5-3-2-4-6-10/h2-8H,1H3,(H3,16,20,24)/b17-7+. The van der Waals surface area contributed by atoms with Crippen molar-refractivity contribution in [1.82, 2.24) is 24.5 Å². The highest BCUT2D eigenvalue weighted by molar-refractivity contribution is 5.80. The Kier molecular flexibility index (Phi) is 4.08. The van der Waals surface area contributed by atoms with E-state index in [1.807, 2.05) is 5.43 Å². The number of aromatic nitrogens is 4. The van der Waals surface area contributed by atoms with Crippen LogP contribution in [0.3, 0.4) is 0 Å². The second kappa shape index (κ2) is 6.35. The van der Waals surface area contributed by atoms with Gasteiger partial charge in [0.25, 0.3) is 5.56 Å². The van der Waals surface area contributed by atoms with Gasteiger partial charge in [0.05, 0.1) is 11.9 Å². The van der Waals surface area contributed by atoms with Crippen molar-refractivity contribution in [1.29, 1.82) is 0 Å². The smallest absolute Gasteiger partial charge is 0.350 e. The third kappa shape index (κ3) is 3.13. The molecule has 0 unspecified atom stereocenters. The molecule has 2 aliphatic heterocycles. The lowest BCUT2D eigenvalue weighted by molar-refractivity contribution is 0.249. The fourth-order valence-corrected chi connectivity index (χ4v) is 2.27. The highest BCUT2D eigenvalue weighted by Crippen LogP contribution is 2.11. The van der Waals surface area contributed by atoms with Crippen molar-refractivity contribution in [2.45, 2.75) is 0 Å². The number of nitrogens with zero attached hydrogens (tertiary/aromatic N) is 5. The van der Waals surface area contributed by atoms with Crippen molar-refractivity contribution in [2.75, 3.05) is 0 Å². The number of fused-ring (bicyclic) bond motifs is 1. The number of aryl methyl sites for hydroxylation is 1. The molecular formula is C15H13N7O3. The molecule has 3 N–H and O–H groups in total. The van der Waals surface area contributed by atoms with E-state index >= 15 is 0 Å². The van der Waals surface area contributed by atoms with Gasteiger partial charge in [0, 0.05) is 13.2 Å². The molecule has 2 amide bonds. The van der Waals surface area contributed by atoms with E-state index < -0.39 is 17.3 Å². The summed E-state index contributed by atoms with van der Waals surface area (Å²) in [5.41, 5.74) is 6.32. The minimum atomic E-state index is -0.828. The van der Waals surface area contributed by atoms with Gasteiger partial charge >= 0.3 is 11.7 Å². The van der Waals surface area contributed by atoms with Crippen LogP contribution in [0.25, 0.3) is 17.2 Å². The fourth-order valence-electron chi connectivity index (χ4n) is 2.27. The topological polar surface area (TPSA) is 137 Å². The molecule has 10 nitrogen and oxygen atoms in total. The zero-order valence-corrected chi connectivity index (χ0v) is 13.1. The van der Waals surface area contributed by atoms with E-state index in [0.29, 0.717) is 5.69 Å². The lowest BCUT2D eigenvalue weighted by Gasteiger charge is -2.12. The third-order valence-electron chi connectivity index (χ3n) is 3.30. The van der Waals surface area contributed by atoms with Gasteiger partial charge in [-0.3, -0.25) is 4.79 Å². The molecule has 2 heterocycles. The summed E-state index contributed by atoms with van der Waals surface area (Å²) in [6, 6.07) is 7.60. The van der Waals surface area contributed by atoms with Gasteiger partial charge in [0.2, 0.25) is 0 Å². The number of hydrogen-bond donors (Lipinski definition) is 2. The highest BCUT2D eigenvalue weighted by atomic mass is 16.2. The van der Waals surface area contributed by atoms with Crippen molar-refractivity contribution in [2.24, 2.45) is 17.9 Å². The summed E-state index contributed by atoms with van der Waals surface area (Å²) in [5.74, 6) is 0.141. The fraction of sp³-hybridized carbons (Fsp3) is 0.0667. The van der Waals surface area contributed by atoms with Gasteiger partial charge in [0.1, 0.15) is 5.69 Å². The van der Waals surface area contributed by atoms with Gasteiger partial charge in [-0.05, 0) is 12.1 Å². The zero-order chi connectivity index (χ0) is 18.0. The maximum Gasteiger partial charge on any atom is 0.357 e. The Hall–Kier alpha value is -3.82. The van der Waals surface area contributed by atoms with Crippen LogP contribution >= 0.6 is 0 Å². The maximum atomic E-state index is 12.7. The molecule has 0 spiro atoms. The molecule has 0 fully saturated rings. The Labute approximate surface area is 140 Å². The van der Waals surface area contributed by atoms with Crippen molar-refractivity contribution in [3.8, 4) is 17.2 Å². The summed E-state index contributed by atoms with van der Waals surface area (Å²) in [6.07, 6.45) is 2.73. The lowest BCUT2D eigenvalue weighted by atomic mass is 10.3. The van der Waals surface area contributed by atoms with E-state index in [0.717, 1.165) is 4.57 Å². The first kappa shape index (κ1) is 16.1. The van der Waals surface area contributed by atoms with Crippen LogP contribution in [0.1, 0.15) is 5.69 Å². The highest BCUT2D eigenvalue weighted by Gasteiger charge is 2.19. The number of carbonyl (C=O) groups excluding carboxylic acids is 1. The van der Waals surface area contributed by atoms with Crippen LogP contribution in [-0.2, 0) is 7.05 Å². The number of primary amides is 1. The second-order valence-electron chi connectivity index (χ2n) is 5.05. The molecule has 126 valence electrons. The molecular weight excluding hydrogens is 326 g/mol. The molecule has 1 aromatic rings. The second-order valence-corrected chi connectivity index (χ2v) is 5.05. The monoisotopic (exact) mass is 339 g/mol. The summed E-state index contributed by atoms with van der Waals surface area (Å²) in [7, 11) is 1.61. The predicted octanol–water partition coefficient (Wildman–Crippen LogP) is -0.567. The summed E-state index contributed by atoms with van der Waals surface area (Å²) in [6.45, 7) is 0. The zero-order valence-electron chi connectivity index (χ0n) is 13.1. The van der Waals surface area contributed by atoms with Crippen molar-refractivity contribution < 1.29 is 4.79 Å². The Morgan fingerprint density at radius 2 is 1.96 bits per heavy atom. The Morgan fingerprint density at radius 3 is 2.64 bits per heavy atom. The van der Waals surface area contributed by atoms with Crippen LogP contribution in [0.2, 0.25) is 0 Å². The molecule has 0 aliphatic carbocycles.